The van der Waals surface area contributed by atoms with Gasteiger partial charge in [-0.25, -0.2) is 0 Å². The van der Waals surface area contributed by atoms with Gasteiger partial charge >= 0.3 is 5.97 Å². The first-order chi connectivity index (χ1) is 4.72. The van der Waals surface area contributed by atoms with Gasteiger partial charge < -0.3 is 5.11 Å². The van der Waals surface area contributed by atoms with E-state index < -0.39 is 11.9 Å². The molecule has 3 nitrogen and oxygen atoms in total. The van der Waals surface area contributed by atoms with E-state index in [-0.39, 0.29) is 0 Å². The molecule has 1 N–H and O–H groups in total. The number of aliphatic carboxylic acids is 1. The normalized spacial score (nSPS) is 12.8. The Morgan fingerprint density at radius 3 is 2.60 bits per heavy atom. The molecular formula is C7H7O3. The molecule has 0 fully saturated rings. The largest absolute Gasteiger partial charge is 0.481 e. The van der Waals surface area contributed by atoms with Gasteiger partial charge in [0, 0.05) is 0 Å². The summed E-state index contributed by atoms with van der Waals surface area (Å²) in [6, 6.07) is 0. The van der Waals surface area contributed by atoms with Gasteiger partial charge in [0.2, 0.25) is 6.29 Å². The number of carboxylic acid groups (broad SMARTS) is 1. The molecule has 10 heavy (non-hydrogen) atoms. The van der Waals surface area contributed by atoms with Crippen molar-refractivity contribution in [1.29, 1.82) is 0 Å². The van der Waals surface area contributed by atoms with Gasteiger partial charge in [-0.1, -0.05) is 12.2 Å². The number of hydrogen-bond acceptors (Lipinski definition) is 2. The lowest BCUT2D eigenvalue weighted by atomic mass is 10.1. The van der Waals surface area contributed by atoms with Gasteiger partial charge in [-0.2, -0.15) is 0 Å². The number of carbonyl (C=O) groups is 1. The monoisotopic (exact) mass is 139 g/mol. The Morgan fingerprint density at radius 1 is 1.70 bits per heavy atom. The van der Waals surface area contributed by atoms with Gasteiger partial charge in [0.05, 0.1) is 5.92 Å². The SMILES string of the molecule is C=CC(C=C[C]=O)C(=O)O. The minimum absolute atomic E-state index is 0.790. The second-order valence-electron chi connectivity index (χ2n) is 1.58. The summed E-state index contributed by atoms with van der Waals surface area (Å²) in [5, 5.41) is 8.35. The molecule has 1 atom stereocenters. The Labute approximate surface area is 58.7 Å². The van der Waals surface area contributed by atoms with Crippen molar-refractivity contribution in [3.63, 3.8) is 0 Å². The molecule has 1 radical (unpaired) electrons. The molecule has 0 aliphatic rings. The van der Waals surface area contributed by atoms with Crippen molar-refractivity contribution in [3.8, 4) is 0 Å². The summed E-state index contributed by atoms with van der Waals surface area (Å²) < 4.78 is 0. The summed E-state index contributed by atoms with van der Waals surface area (Å²) >= 11 is 0. The minimum atomic E-state index is -1.03. The molecule has 0 aromatic carbocycles. The molecule has 0 aromatic rings. The lowest BCUT2D eigenvalue weighted by Crippen LogP contribution is -2.06. The molecule has 0 amide bonds. The van der Waals surface area contributed by atoms with Crippen LogP contribution in [0.4, 0.5) is 0 Å². The van der Waals surface area contributed by atoms with Gasteiger partial charge in [-0.05, 0) is 6.08 Å². The van der Waals surface area contributed by atoms with Crippen LogP contribution < -0.4 is 0 Å². The third-order valence-electron chi connectivity index (χ3n) is 0.911. The lowest BCUT2D eigenvalue weighted by Gasteiger charge is -1.95. The Hall–Kier alpha value is -1.38. The van der Waals surface area contributed by atoms with E-state index in [9.17, 15) is 9.59 Å². The smallest absolute Gasteiger partial charge is 0.314 e. The zero-order valence-corrected chi connectivity index (χ0v) is 5.28. The van der Waals surface area contributed by atoms with Crippen molar-refractivity contribution >= 4 is 12.3 Å². The third kappa shape index (κ3) is 2.81. The molecule has 0 heterocycles. The fourth-order valence-electron chi connectivity index (χ4n) is 0.405. The average Bonchev–Trinajstić information content (AvgIpc) is 1.89. The van der Waals surface area contributed by atoms with Crippen molar-refractivity contribution in [2.75, 3.05) is 0 Å². The van der Waals surface area contributed by atoms with E-state index in [1.807, 2.05) is 0 Å². The first-order valence-electron chi connectivity index (χ1n) is 2.62. The van der Waals surface area contributed by atoms with E-state index in [1.165, 1.54) is 18.4 Å². The highest BCUT2D eigenvalue weighted by Gasteiger charge is 2.06. The zero-order chi connectivity index (χ0) is 7.98. The summed E-state index contributed by atoms with van der Waals surface area (Å²) in [5.74, 6) is -1.82. The van der Waals surface area contributed by atoms with Crippen LogP contribution >= 0.6 is 0 Å². The van der Waals surface area contributed by atoms with Gasteiger partial charge in [0.25, 0.3) is 0 Å². The van der Waals surface area contributed by atoms with Gasteiger partial charge in [-0.15, -0.1) is 6.58 Å². The lowest BCUT2D eigenvalue weighted by molar-refractivity contribution is -0.138. The van der Waals surface area contributed by atoms with Crippen LogP contribution in [0.2, 0.25) is 0 Å². The van der Waals surface area contributed by atoms with Gasteiger partial charge in [0.15, 0.2) is 0 Å². The van der Waals surface area contributed by atoms with Crippen molar-refractivity contribution in [3.05, 3.63) is 24.8 Å². The van der Waals surface area contributed by atoms with Crippen LogP contribution in [0.1, 0.15) is 0 Å². The highest BCUT2D eigenvalue weighted by atomic mass is 16.4. The van der Waals surface area contributed by atoms with Crippen LogP contribution in [0.5, 0.6) is 0 Å². The highest BCUT2D eigenvalue weighted by molar-refractivity contribution is 5.76. The molecule has 0 aromatic heterocycles. The standard InChI is InChI=1S/C7H7O3/c1-2-6(7(9)10)4-3-5-8/h2-4,6H,1H2,(H,9,10). The van der Waals surface area contributed by atoms with E-state index in [0.29, 0.717) is 0 Å². The predicted octanol–water partition coefficient (Wildman–Crippen LogP) is 0.539. The molecule has 3 heteroatoms. The van der Waals surface area contributed by atoms with Gasteiger partial charge in [-0.3, -0.25) is 9.59 Å². The maximum absolute atomic E-state index is 10.2. The quantitative estimate of drug-likeness (QED) is 0.456. The summed E-state index contributed by atoms with van der Waals surface area (Å²) in [7, 11) is 0. The molecule has 0 aliphatic heterocycles. The predicted molar refractivity (Wildman–Crippen MR) is 36.2 cm³/mol. The zero-order valence-electron chi connectivity index (χ0n) is 5.28. The molecule has 0 bridgehead atoms. The van der Waals surface area contributed by atoms with Crippen LogP contribution in [0.3, 0.4) is 0 Å². The van der Waals surface area contributed by atoms with E-state index in [0.717, 1.165) is 6.08 Å². The van der Waals surface area contributed by atoms with Gasteiger partial charge in [0.1, 0.15) is 0 Å². The Morgan fingerprint density at radius 2 is 2.30 bits per heavy atom. The second kappa shape index (κ2) is 4.49. The maximum Gasteiger partial charge on any atom is 0.314 e. The summed E-state index contributed by atoms with van der Waals surface area (Å²) in [5.41, 5.74) is 0. The van der Waals surface area contributed by atoms with E-state index in [4.69, 9.17) is 5.11 Å². The molecular weight excluding hydrogens is 132 g/mol. The number of hydrogen-bond donors (Lipinski definition) is 1. The number of carbonyl (C=O) groups excluding carboxylic acids is 1. The summed E-state index contributed by atoms with van der Waals surface area (Å²) in [6.45, 7) is 3.27. The average molecular weight is 139 g/mol. The van der Waals surface area contributed by atoms with E-state index >= 15 is 0 Å². The molecule has 0 aliphatic carbocycles. The molecule has 1 unspecified atom stereocenters. The van der Waals surface area contributed by atoms with Crippen LogP contribution in [0, 0.1) is 5.92 Å². The highest BCUT2D eigenvalue weighted by Crippen LogP contribution is 1.98. The van der Waals surface area contributed by atoms with E-state index in [1.54, 1.807) is 0 Å². The van der Waals surface area contributed by atoms with Crippen LogP contribution in [0.15, 0.2) is 24.8 Å². The van der Waals surface area contributed by atoms with Crippen molar-refractivity contribution in [1.82, 2.24) is 0 Å². The van der Waals surface area contributed by atoms with Crippen molar-refractivity contribution in [2.24, 2.45) is 5.92 Å². The first-order valence-corrected chi connectivity index (χ1v) is 2.62. The molecule has 0 spiro atoms. The fourth-order valence-corrected chi connectivity index (χ4v) is 0.405. The number of carboxylic acids is 1. The van der Waals surface area contributed by atoms with Crippen LogP contribution in [-0.4, -0.2) is 17.4 Å². The first kappa shape index (κ1) is 8.62. The summed E-state index contributed by atoms with van der Waals surface area (Å²) in [6.07, 6.45) is 4.90. The fraction of sp³-hybridized carbons (Fsp3) is 0.143. The Balaban J connectivity index is 4.07. The van der Waals surface area contributed by atoms with Crippen molar-refractivity contribution < 1.29 is 14.7 Å². The molecule has 53 valence electrons. The molecule has 0 saturated carbocycles. The Bertz CT molecular complexity index is 170. The van der Waals surface area contributed by atoms with Crippen LogP contribution in [-0.2, 0) is 9.59 Å². The Kier molecular flexibility index (Phi) is 3.87. The second-order valence-corrected chi connectivity index (χ2v) is 1.58. The summed E-state index contributed by atoms with van der Waals surface area (Å²) in [4.78, 5) is 19.8. The van der Waals surface area contributed by atoms with E-state index in [2.05, 4.69) is 6.58 Å². The third-order valence-corrected chi connectivity index (χ3v) is 0.911. The topological polar surface area (TPSA) is 54.4 Å². The number of rotatable bonds is 4. The van der Waals surface area contributed by atoms with Crippen molar-refractivity contribution in [2.45, 2.75) is 0 Å². The molecule has 0 saturated heterocycles. The maximum atomic E-state index is 10.2. The minimum Gasteiger partial charge on any atom is -0.481 e. The molecule has 0 rings (SSSR count). The number of allylic oxidation sites excluding steroid dienone is 1. The van der Waals surface area contributed by atoms with Crippen LogP contribution in [0.25, 0.3) is 0 Å².